The predicted octanol–water partition coefficient (Wildman–Crippen LogP) is 3.57. The number of nitrogens with zero attached hydrogens (tertiary/aromatic N) is 4. The quantitative estimate of drug-likeness (QED) is 0.934. The summed E-state index contributed by atoms with van der Waals surface area (Å²) in [7, 11) is 1.85. The molecule has 2 heterocycles. The van der Waals surface area contributed by atoms with E-state index in [2.05, 4.69) is 33.8 Å². The highest BCUT2D eigenvalue weighted by molar-refractivity contribution is 5.79. The molecule has 1 aliphatic carbocycles. The van der Waals surface area contributed by atoms with Crippen molar-refractivity contribution in [2.24, 2.45) is 5.92 Å². The zero-order valence-electron chi connectivity index (χ0n) is 13.3. The lowest BCUT2D eigenvalue weighted by atomic mass is 9.89. The minimum atomic E-state index is 0.393. The first-order valence-corrected chi connectivity index (χ1v) is 8.10. The molecule has 0 spiro atoms. The van der Waals surface area contributed by atoms with Gasteiger partial charge in [0.2, 0.25) is 5.95 Å². The van der Waals surface area contributed by atoms with E-state index in [4.69, 9.17) is 5.10 Å². The summed E-state index contributed by atoms with van der Waals surface area (Å²) in [6.07, 6.45) is 8.66. The molecule has 21 heavy (non-hydrogen) atoms. The summed E-state index contributed by atoms with van der Waals surface area (Å²) >= 11 is 0. The SMILES string of the molecule is CNc1ncc2c(C(C)C)nn(CC3CCCCC3)c2n1. The molecule has 1 N–H and O–H groups in total. The number of aromatic nitrogens is 4. The number of rotatable bonds is 4. The Morgan fingerprint density at radius 3 is 2.71 bits per heavy atom. The van der Waals surface area contributed by atoms with Crippen molar-refractivity contribution in [2.45, 2.75) is 58.4 Å². The number of nitrogens with one attached hydrogen (secondary N) is 1. The van der Waals surface area contributed by atoms with Gasteiger partial charge in [-0.15, -0.1) is 0 Å². The minimum absolute atomic E-state index is 0.393. The fourth-order valence-corrected chi connectivity index (χ4v) is 3.27. The van der Waals surface area contributed by atoms with E-state index < -0.39 is 0 Å². The highest BCUT2D eigenvalue weighted by atomic mass is 15.3. The minimum Gasteiger partial charge on any atom is -0.357 e. The standard InChI is InChI=1S/C16H25N5/c1-11(2)14-13-9-18-16(17-3)19-15(13)21(20-14)10-12-7-5-4-6-8-12/h9,11-12H,4-8,10H2,1-3H3,(H,17,18,19). The van der Waals surface area contributed by atoms with Crippen LogP contribution in [0.3, 0.4) is 0 Å². The molecule has 0 saturated heterocycles. The molecule has 114 valence electrons. The highest BCUT2D eigenvalue weighted by Crippen LogP contribution is 2.28. The molecule has 0 unspecified atom stereocenters. The Hall–Kier alpha value is -1.65. The van der Waals surface area contributed by atoms with Gasteiger partial charge < -0.3 is 5.32 Å². The van der Waals surface area contributed by atoms with Gasteiger partial charge in [-0.2, -0.15) is 10.1 Å². The average Bonchev–Trinajstić information content (AvgIpc) is 2.86. The molecule has 0 radical (unpaired) electrons. The molecule has 1 fully saturated rings. The fourth-order valence-electron chi connectivity index (χ4n) is 3.27. The maximum absolute atomic E-state index is 4.84. The van der Waals surface area contributed by atoms with Crippen molar-refractivity contribution in [3.63, 3.8) is 0 Å². The summed E-state index contributed by atoms with van der Waals surface area (Å²) in [6.45, 7) is 5.35. The van der Waals surface area contributed by atoms with Gasteiger partial charge in [0.25, 0.3) is 0 Å². The van der Waals surface area contributed by atoms with Gasteiger partial charge >= 0.3 is 0 Å². The topological polar surface area (TPSA) is 55.6 Å². The molecule has 1 saturated carbocycles. The Bertz CT molecular complexity index is 610. The normalized spacial score (nSPS) is 16.8. The average molecular weight is 287 g/mol. The van der Waals surface area contributed by atoms with Crippen molar-refractivity contribution in [3.05, 3.63) is 11.9 Å². The van der Waals surface area contributed by atoms with Crippen molar-refractivity contribution >= 4 is 17.0 Å². The summed E-state index contributed by atoms with van der Waals surface area (Å²) in [5, 5.41) is 8.97. The van der Waals surface area contributed by atoms with Crippen LogP contribution in [-0.2, 0) is 6.54 Å². The molecule has 5 heteroatoms. The maximum atomic E-state index is 4.84. The van der Waals surface area contributed by atoms with Crippen LogP contribution >= 0.6 is 0 Å². The van der Waals surface area contributed by atoms with E-state index in [0.717, 1.165) is 29.2 Å². The molecule has 5 nitrogen and oxygen atoms in total. The van der Waals surface area contributed by atoms with Gasteiger partial charge in [0.1, 0.15) is 0 Å². The van der Waals surface area contributed by atoms with Gasteiger partial charge in [-0.05, 0) is 24.7 Å². The fraction of sp³-hybridized carbons (Fsp3) is 0.688. The Morgan fingerprint density at radius 1 is 1.29 bits per heavy atom. The van der Waals surface area contributed by atoms with E-state index >= 15 is 0 Å². The second kappa shape index (κ2) is 6.00. The van der Waals surface area contributed by atoms with Crippen molar-refractivity contribution in [2.75, 3.05) is 12.4 Å². The lowest BCUT2D eigenvalue weighted by Gasteiger charge is -2.21. The molecular formula is C16H25N5. The molecular weight excluding hydrogens is 262 g/mol. The summed E-state index contributed by atoms with van der Waals surface area (Å²) < 4.78 is 2.11. The first-order chi connectivity index (χ1) is 10.2. The molecule has 0 bridgehead atoms. The Kier molecular flexibility index (Phi) is 4.08. The molecule has 0 aliphatic heterocycles. The first-order valence-electron chi connectivity index (χ1n) is 8.10. The molecule has 0 atom stereocenters. The van der Waals surface area contributed by atoms with E-state index in [0.29, 0.717) is 11.9 Å². The smallest absolute Gasteiger partial charge is 0.224 e. The van der Waals surface area contributed by atoms with Crippen LogP contribution in [0.2, 0.25) is 0 Å². The summed E-state index contributed by atoms with van der Waals surface area (Å²) in [5.41, 5.74) is 2.09. The Morgan fingerprint density at radius 2 is 2.05 bits per heavy atom. The second-order valence-electron chi connectivity index (χ2n) is 6.41. The lowest BCUT2D eigenvalue weighted by molar-refractivity contribution is 0.310. The van der Waals surface area contributed by atoms with Crippen LogP contribution in [0.25, 0.3) is 11.0 Å². The van der Waals surface area contributed by atoms with Crippen LogP contribution < -0.4 is 5.32 Å². The highest BCUT2D eigenvalue weighted by Gasteiger charge is 2.20. The third kappa shape index (κ3) is 2.87. The van der Waals surface area contributed by atoms with Crippen LogP contribution in [0.4, 0.5) is 5.95 Å². The molecule has 0 amide bonds. The Labute approximate surface area is 126 Å². The molecule has 2 aromatic heterocycles. The number of hydrogen-bond donors (Lipinski definition) is 1. The van der Waals surface area contributed by atoms with Gasteiger partial charge in [-0.1, -0.05) is 33.1 Å². The third-order valence-corrected chi connectivity index (χ3v) is 4.44. The van der Waals surface area contributed by atoms with Crippen LogP contribution in [0.15, 0.2) is 6.20 Å². The lowest BCUT2D eigenvalue weighted by Crippen LogP contribution is -2.15. The van der Waals surface area contributed by atoms with E-state index in [9.17, 15) is 0 Å². The van der Waals surface area contributed by atoms with Gasteiger partial charge in [-0.25, -0.2) is 9.67 Å². The number of hydrogen-bond acceptors (Lipinski definition) is 4. The molecule has 1 aliphatic rings. The summed E-state index contributed by atoms with van der Waals surface area (Å²) in [5.74, 6) is 1.81. The summed E-state index contributed by atoms with van der Waals surface area (Å²) in [6, 6.07) is 0. The van der Waals surface area contributed by atoms with E-state index in [1.807, 2.05) is 13.2 Å². The van der Waals surface area contributed by atoms with Crippen LogP contribution in [-0.4, -0.2) is 26.8 Å². The molecule has 2 aromatic rings. The molecule has 3 rings (SSSR count). The van der Waals surface area contributed by atoms with Gasteiger partial charge in [-0.3, -0.25) is 0 Å². The monoisotopic (exact) mass is 287 g/mol. The summed E-state index contributed by atoms with van der Waals surface area (Å²) in [4.78, 5) is 8.99. The van der Waals surface area contributed by atoms with Crippen molar-refractivity contribution < 1.29 is 0 Å². The second-order valence-corrected chi connectivity index (χ2v) is 6.41. The molecule has 0 aromatic carbocycles. The Balaban J connectivity index is 1.98. The van der Waals surface area contributed by atoms with Crippen molar-refractivity contribution in [1.29, 1.82) is 0 Å². The van der Waals surface area contributed by atoms with E-state index in [1.54, 1.807) is 0 Å². The van der Waals surface area contributed by atoms with Crippen LogP contribution in [0, 0.1) is 5.92 Å². The number of fused-ring (bicyclic) bond motifs is 1. The van der Waals surface area contributed by atoms with E-state index in [1.165, 1.54) is 32.1 Å². The van der Waals surface area contributed by atoms with Crippen LogP contribution in [0.1, 0.15) is 57.6 Å². The third-order valence-electron chi connectivity index (χ3n) is 4.44. The van der Waals surface area contributed by atoms with Crippen molar-refractivity contribution in [3.8, 4) is 0 Å². The maximum Gasteiger partial charge on any atom is 0.224 e. The first kappa shape index (κ1) is 14.3. The van der Waals surface area contributed by atoms with Gasteiger partial charge in [0.05, 0.1) is 11.1 Å². The zero-order valence-corrected chi connectivity index (χ0v) is 13.3. The van der Waals surface area contributed by atoms with E-state index in [-0.39, 0.29) is 0 Å². The van der Waals surface area contributed by atoms with Crippen molar-refractivity contribution in [1.82, 2.24) is 19.7 Å². The number of anilines is 1. The zero-order chi connectivity index (χ0) is 14.8. The predicted molar refractivity (Wildman–Crippen MR) is 85.5 cm³/mol. The van der Waals surface area contributed by atoms with Gasteiger partial charge in [0.15, 0.2) is 5.65 Å². The largest absolute Gasteiger partial charge is 0.357 e. The van der Waals surface area contributed by atoms with Gasteiger partial charge in [0, 0.05) is 19.8 Å². The van der Waals surface area contributed by atoms with Crippen LogP contribution in [0.5, 0.6) is 0 Å².